The van der Waals surface area contributed by atoms with Crippen molar-refractivity contribution in [1.82, 2.24) is 9.78 Å². The van der Waals surface area contributed by atoms with Gasteiger partial charge in [0.1, 0.15) is 5.82 Å². The van der Waals surface area contributed by atoms with E-state index in [1.165, 1.54) is 4.88 Å². The highest BCUT2D eigenvalue weighted by Crippen LogP contribution is 2.28. The number of nitrogens with zero attached hydrogens (tertiary/aromatic N) is 3. The van der Waals surface area contributed by atoms with E-state index in [2.05, 4.69) is 48.4 Å². The van der Waals surface area contributed by atoms with Gasteiger partial charge in [0.2, 0.25) is 0 Å². The lowest BCUT2D eigenvalue weighted by Crippen LogP contribution is -2.32. The highest BCUT2D eigenvalue weighted by atomic mass is 32.1. The largest absolute Gasteiger partial charge is 0.394 e. The number of thiophene rings is 1. The molecule has 1 unspecified atom stereocenters. The molecule has 0 aromatic carbocycles. The third-order valence-corrected chi connectivity index (χ3v) is 4.43. The summed E-state index contributed by atoms with van der Waals surface area (Å²) in [5, 5.41) is 6.60. The van der Waals surface area contributed by atoms with Crippen molar-refractivity contribution >= 4 is 22.8 Å². The number of nitrogens with two attached hydrogens (primary N) is 1. The Morgan fingerprint density at radius 2 is 2.26 bits per heavy atom. The van der Waals surface area contributed by atoms with Crippen molar-refractivity contribution in [2.75, 3.05) is 17.7 Å². The summed E-state index contributed by atoms with van der Waals surface area (Å²) < 4.78 is 1.89. The molecule has 0 saturated carbocycles. The van der Waals surface area contributed by atoms with E-state index in [0.717, 1.165) is 30.0 Å². The van der Waals surface area contributed by atoms with Gasteiger partial charge >= 0.3 is 0 Å². The minimum absolute atomic E-state index is 0.390. The van der Waals surface area contributed by atoms with Crippen LogP contribution < -0.4 is 10.6 Å². The van der Waals surface area contributed by atoms with Gasteiger partial charge in [0.25, 0.3) is 0 Å². The summed E-state index contributed by atoms with van der Waals surface area (Å²) in [5.74, 6) is 1.01. The molecule has 2 aromatic rings. The molecular formula is C14H22N4S. The third-order valence-electron chi connectivity index (χ3n) is 3.54. The van der Waals surface area contributed by atoms with Crippen molar-refractivity contribution < 1.29 is 0 Å². The minimum Gasteiger partial charge on any atom is -0.394 e. The van der Waals surface area contributed by atoms with Gasteiger partial charge in [-0.25, -0.2) is 0 Å². The molecule has 0 amide bonds. The van der Waals surface area contributed by atoms with Gasteiger partial charge < -0.3 is 10.6 Å². The SMILES string of the molecule is CCc1nn(C)c(N(C)C(C)Cc2cccs2)c1N. The molecule has 0 bridgehead atoms. The first-order valence-corrected chi connectivity index (χ1v) is 7.49. The molecule has 2 heterocycles. The highest BCUT2D eigenvalue weighted by molar-refractivity contribution is 7.09. The van der Waals surface area contributed by atoms with E-state index in [4.69, 9.17) is 5.73 Å². The first kappa shape index (κ1) is 13.9. The Balaban J connectivity index is 2.19. The van der Waals surface area contributed by atoms with E-state index in [-0.39, 0.29) is 0 Å². The number of nitrogen functional groups attached to an aromatic ring is 1. The molecule has 0 aliphatic carbocycles. The van der Waals surface area contributed by atoms with Crippen molar-refractivity contribution in [3.05, 3.63) is 28.1 Å². The molecule has 0 fully saturated rings. The lowest BCUT2D eigenvalue weighted by molar-refractivity contribution is 0.645. The normalized spacial score (nSPS) is 12.6. The topological polar surface area (TPSA) is 47.1 Å². The molecule has 0 saturated heterocycles. The number of anilines is 2. The lowest BCUT2D eigenvalue weighted by atomic mass is 10.2. The van der Waals surface area contributed by atoms with Gasteiger partial charge in [0, 0.05) is 31.4 Å². The predicted octanol–water partition coefficient (Wildman–Crippen LogP) is 2.69. The molecule has 5 heteroatoms. The Bertz CT molecular complexity index is 530. The Morgan fingerprint density at radius 1 is 1.53 bits per heavy atom. The molecule has 0 spiro atoms. The molecule has 0 aliphatic heterocycles. The standard InChI is InChI=1S/C14H22N4S/c1-5-12-13(15)14(18(4)16-12)17(3)10(2)9-11-7-6-8-19-11/h6-8,10H,5,9,15H2,1-4H3. The summed E-state index contributed by atoms with van der Waals surface area (Å²) in [4.78, 5) is 3.62. The van der Waals surface area contributed by atoms with Crippen molar-refractivity contribution in [3.63, 3.8) is 0 Å². The Hall–Kier alpha value is -1.49. The number of hydrogen-bond acceptors (Lipinski definition) is 4. The maximum absolute atomic E-state index is 6.20. The zero-order chi connectivity index (χ0) is 14.0. The van der Waals surface area contributed by atoms with E-state index < -0.39 is 0 Å². The van der Waals surface area contributed by atoms with E-state index >= 15 is 0 Å². The molecule has 2 aromatic heterocycles. The fourth-order valence-corrected chi connectivity index (χ4v) is 3.16. The van der Waals surface area contributed by atoms with Crippen LogP contribution in [0.5, 0.6) is 0 Å². The lowest BCUT2D eigenvalue weighted by Gasteiger charge is -2.27. The average Bonchev–Trinajstić information content (AvgIpc) is 2.97. The van der Waals surface area contributed by atoms with Crippen molar-refractivity contribution in [1.29, 1.82) is 0 Å². The maximum atomic E-state index is 6.20. The Labute approximate surface area is 118 Å². The first-order chi connectivity index (χ1) is 9.04. The van der Waals surface area contributed by atoms with Crippen LogP contribution in [0.15, 0.2) is 17.5 Å². The zero-order valence-electron chi connectivity index (χ0n) is 12.1. The summed E-state index contributed by atoms with van der Waals surface area (Å²) in [6, 6.07) is 4.67. The second-order valence-electron chi connectivity index (χ2n) is 4.90. The summed E-state index contributed by atoms with van der Waals surface area (Å²) in [5.41, 5.74) is 7.99. The van der Waals surface area contributed by atoms with Crippen LogP contribution in [0.1, 0.15) is 24.4 Å². The molecular weight excluding hydrogens is 256 g/mol. The monoisotopic (exact) mass is 278 g/mol. The van der Waals surface area contributed by atoms with E-state index in [0.29, 0.717) is 6.04 Å². The molecule has 104 valence electrons. The minimum atomic E-state index is 0.390. The summed E-state index contributed by atoms with van der Waals surface area (Å²) in [6.07, 6.45) is 1.90. The smallest absolute Gasteiger partial charge is 0.150 e. The number of aryl methyl sites for hydroxylation is 2. The van der Waals surface area contributed by atoms with Gasteiger partial charge in [-0.2, -0.15) is 5.10 Å². The second kappa shape index (κ2) is 5.65. The van der Waals surface area contributed by atoms with Gasteiger partial charge in [-0.1, -0.05) is 13.0 Å². The van der Waals surface area contributed by atoms with Gasteiger partial charge in [0.05, 0.1) is 11.4 Å². The number of rotatable bonds is 5. The molecule has 0 aliphatic rings. The van der Waals surface area contributed by atoms with Crippen LogP contribution in [0, 0.1) is 0 Å². The van der Waals surface area contributed by atoms with Gasteiger partial charge in [-0.15, -0.1) is 11.3 Å². The first-order valence-electron chi connectivity index (χ1n) is 6.61. The van der Waals surface area contributed by atoms with Gasteiger partial charge in [-0.3, -0.25) is 4.68 Å². The van der Waals surface area contributed by atoms with E-state index in [9.17, 15) is 0 Å². The number of aromatic nitrogens is 2. The third kappa shape index (κ3) is 2.76. The van der Waals surface area contributed by atoms with Crippen LogP contribution in [-0.2, 0) is 19.9 Å². The summed E-state index contributed by atoms with van der Waals surface area (Å²) in [6.45, 7) is 4.30. The summed E-state index contributed by atoms with van der Waals surface area (Å²) in [7, 11) is 4.05. The van der Waals surface area contributed by atoms with E-state index in [1.54, 1.807) is 11.3 Å². The van der Waals surface area contributed by atoms with Crippen LogP contribution in [0.4, 0.5) is 11.5 Å². The quantitative estimate of drug-likeness (QED) is 0.914. The van der Waals surface area contributed by atoms with Crippen LogP contribution in [0.25, 0.3) is 0 Å². The van der Waals surface area contributed by atoms with Crippen LogP contribution in [0.3, 0.4) is 0 Å². The van der Waals surface area contributed by atoms with Crippen LogP contribution in [0.2, 0.25) is 0 Å². The average molecular weight is 278 g/mol. The van der Waals surface area contributed by atoms with Crippen LogP contribution >= 0.6 is 11.3 Å². The van der Waals surface area contributed by atoms with Gasteiger partial charge in [0.15, 0.2) is 0 Å². The number of hydrogen-bond donors (Lipinski definition) is 1. The maximum Gasteiger partial charge on any atom is 0.150 e. The fourth-order valence-electron chi connectivity index (χ4n) is 2.33. The second-order valence-corrected chi connectivity index (χ2v) is 5.94. The Kier molecular flexibility index (Phi) is 4.14. The fraction of sp³-hybridized carbons (Fsp3) is 0.500. The van der Waals surface area contributed by atoms with Crippen molar-refractivity contribution in [2.45, 2.75) is 32.7 Å². The van der Waals surface area contributed by atoms with Gasteiger partial charge in [-0.05, 0) is 24.8 Å². The molecule has 1 atom stereocenters. The summed E-state index contributed by atoms with van der Waals surface area (Å²) >= 11 is 1.80. The van der Waals surface area contributed by atoms with Crippen molar-refractivity contribution in [3.8, 4) is 0 Å². The molecule has 2 rings (SSSR count). The molecule has 4 nitrogen and oxygen atoms in total. The van der Waals surface area contributed by atoms with Crippen molar-refractivity contribution in [2.24, 2.45) is 7.05 Å². The van der Waals surface area contributed by atoms with E-state index in [1.807, 2.05) is 11.7 Å². The molecule has 19 heavy (non-hydrogen) atoms. The molecule has 2 N–H and O–H groups in total. The Morgan fingerprint density at radius 3 is 2.79 bits per heavy atom. The zero-order valence-corrected chi connectivity index (χ0v) is 12.9. The van der Waals surface area contributed by atoms with Crippen LogP contribution in [-0.4, -0.2) is 22.9 Å². The highest BCUT2D eigenvalue weighted by Gasteiger charge is 2.20. The predicted molar refractivity (Wildman–Crippen MR) is 82.9 cm³/mol. The number of likely N-dealkylation sites (N-methyl/N-ethyl adjacent to an activating group) is 1. The molecule has 0 radical (unpaired) electrons.